The number of hydrogen-bond donors (Lipinski definition) is 3. The number of aromatic nitrogens is 2. The van der Waals surface area contributed by atoms with Gasteiger partial charge in [-0.3, -0.25) is 14.3 Å². The molecule has 1 saturated heterocycles. The third kappa shape index (κ3) is 5.86. The largest absolute Gasteiger partial charge is 0.457 e. The van der Waals surface area contributed by atoms with Gasteiger partial charge in [0, 0.05) is 55.4 Å². The van der Waals surface area contributed by atoms with Gasteiger partial charge < -0.3 is 15.5 Å². The molecular formula is C26H37F3N6O2. The van der Waals surface area contributed by atoms with Gasteiger partial charge in [-0.05, 0) is 63.5 Å². The Kier molecular flexibility index (Phi) is 7.73. The van der Waals surface area contributed by atoms with Crippen LogP contribution in [0.15, 0.2) is 12.3 Å². The van der Waals surface area contributed by atoms with E-state index >= 15 is 0 Å². The molecule has 1 aliphatic carbocycles. The van der Waals surface area contributed by atoms with E-state index in [1.165, 1.54) is 0 Å². The Morgan fingerprint density at radius 1 is 1.24 bits per heavy atom. The zero-order chi connectivity index (χ0) is 27.1. The van der Waals surface area contributed by atoms with Crippen LogP contribution in [0.4, 0.5) is 18.9 Å². The number of anilines is 1. The van der Waals surface area contributed by atoms with E-state index < -0.39 is 12.3 Å². The number of piperidine rings is 1. The van der Waals surface area contributed by atoms with Crippen LogP contribution >= 0.6 is 0 Å². The maximum Gasteiger partial charge on any atom is 0.457 e. The minimum Gasteiger partial charge on any atom is -0.371 e. The Balaban J connectivity index is 1.54. The van der Waals surface area contributed by atoms with Gasteiger partial charge in [-0.1, -0.05) is 6.92 Å². The second-order valence-corrected chi connectivity index (χ2v) is 10.8. The standard InChI is InChI=1S/C26H37F3N6O2/c1-14-10-15(2)32-25(37)20(14)12-30-24(36)19-11-22(21-13-31-35(5)23(21)16(19)3)34(4)18-8-6-17(7-9-18)33-26(27,28)29/h11,13-15,17-18,20,33H,6-10,12H2,1-5H3,(H,30,36)(H,32,37). The van der Waals surface area contributed by atoms with E-state index in [4.69, 9.17) is 0 Å². The molecule has 3 unspecified atom stereocenters. The first-order valence-electron chi connectivity index (χ1n) is 13.0. The predicted molar refractivity (Wildman–Crippen MR) is 136 cm³/mol. The highest BCUT2D eigenvalue weighted by molar-refractivity contribution is 6.05. The van der Waals surface area contributed by atoms with Gasteiger partial charge in [0.05, 0.1) is 17.6 Å². The van der Waals surface area contributed by atoms with Gasteiger partial charge in [0.1, 0.15) is 0 Å². The average molecular weight is 523 g/mol. The number of nitrogens with zero attached hydrogens (tertiary/aromatic N) is 3. The molecule has 2 fully saturated rings. The molecule has 2 amide bonds. The monoisotopic (exact) mass is 522 g/mol. The summed E-state index contributed by atoms with van der Waals surface area (Å²) in [5.41, 5.74) is 2.95. The van der Waals surface area contributed by atoms with Crippen LogP contribution in [-0.4, -0.2) is 59.6 Å². The molecule has 3 atom stereocenters. The summed E-state index contributed by atoms with van der Waals surface area (Å²) in [6, 6.07) is 1.44. The molecule has 4 rings (SSSR count). The lowest BCUT2D eigenvalue weighted by molar-refractivity contribution is -0.166. The van der Waals surface area contributed by atoms with Crippen LogP contribution in [-0.2, 0) is 11.8 Å². The number of rotatable bonds is 6. The quantitative estimate of drug-likeness (QED) is 0.504. The Hall–Kier alpha value is -2.82. The number of nitrogens with one attached hydrogen (secondary N) is 3. The summed E-state index contributed by atoms with van der Waals surface area (Å²) in [5.74, 6) is -0.426. The average Bonchev–Trinajstić information content (AvgIpc) is 3.19. The van der Waals surface area contributed by atoms with E-state index in [-0.39, 0.29) is 42.3 Å². The molecule has 1 saturated carbocycles. The topological polar surface area (TPSA) is 91.3 Å². The van der Waals surface area contributed by atoms with Crippen LogP contribution in [0.3, 0.4) is 0 Å². The van der Waals surface area contributed by atoms with E-state index in [0.29, 0.717) is 31.2 Å². The van der Waals surface area contributed by atoms with Crippen LogP contribution in [0.5, 0.6) is 0 Å². The molecule has 0 radical (unpaired) electrons. The molecule has 2 aliphatic rings. The Morgan fingerprint density at radius 3 is 2.54 bits per heavy atom. The summed E-state index contributed by atoms with van der Waals surface area (Å²) in [5, 5.41) is 13.0. The van der Waals surface area contributed by atoms with Crippen LogP contribution in [0.2, 0.25) is 0 Å². The van der Waals surface area contributed by atoms with Gasteiger partial charge in [-0.2, -0.15) is 18.3 Å². The van der Waals surface area contributed by atoms with Crippen molar-refractivity contribution < 1.29 is 22.8 Å². The number of fused-ring (bicyclic) bond motifs is 1. The number of carbonyl (C=O) groups is 2. The Bertz CT molecular complexity index is 1160. The zero-order valence-electron chi connectivity index (χ0n) is 22.1. The van der Waals surface area contributed by atoms with E-state index in [1.807, 2.05) is 40.9 Å². The molecule has 37 heavy (non-hydrogen) atoms. The maximum absolute atomic E-state index is 13.4. The molecule has 204 valence electrons. The molecule has 1 aromatic heterocycles. The van der Waals surface area contributed by atoms with E-state index in [0.717, 1.165) is 28.6 Å². The second kappa shape index (κ2) is 10.5. The SMILES string of the molecule is Cc1c(C(=O)NCC2C(=O)NC(C)CC2C)cc(N(C)C2CCC(NC(F)(F)F)CC2)c2cnn(C)c12. The molecule has 2 aromatic rings. The smallest absolute Gasteiger partial charge is 0.371 e. The lowest BCUT2D eigenvalue weighted by atomic mass is 9.84. The van der Waals surface area contributed by atoms with Crippen molar-refractivity contribution in [2.24, 2.45) is 18.9 Å². The molecular weight excluding hydrogens is 485 g/mol. The Morgan fingerprint density at radius 2 is 1.92 bits per heavy atom. The number of aryl methyl sites for hydroxylation is 2. The molecule has 1 aromatic carbocycles. The van der Waals surface area contributed by atoms with Crippen LogP contribution in [0.25, 0.3) is 10.9 Å². The van der Waals surface area contributed by atoms with Crippen LogP contribution in [0, 0.1) is 18.8 Å². The minimum absolute atomic E-state index is 0.0404. The summed E-state index contributed by atoms with van der Waals surface area (Å²) >= 11 is 0. The van der Waals surface area contributed by atoms with Gasteiger partial charge in [0.2, 0.25) is 5.91 Å². The fourth-order valence-corrected chi connectivity index (χ4v) is 6.06. The van der Waals surface area contributed by atoms with Gasteiger partial charge in [-0.25, -0.2) is 5.32 Å². The number of halogens is 3. The van der Waals surface area contributed by atoms with Gasteiger partial charge in [0.15, 0.2) is 0 Å². The van der Waals surface area contributed by atoms with Crippen LogP contribution < -0.4 is 20.9 Å². The third-order valence-corrected chi connectivity index (χ3v) is 8.11. The van der Waals surface area contributed by atoms with Crippen molar-refractivity contribution in [3.63, 3.8) is 0 Å². The number of benzene rings is 1. The van der Waals surface area contributed by atoms with E-state index in [2.05, 4.69) is 20.6 Å². The zero-order valence-corrected chi connectivity index (χ0v) is 22.1. The summed E-state index contributed by atoms with van der Waals surface area (Å²) in [6.07, 6.45) is 0.306. The van der Waals surface area contributed by atoms with Crippen molar-refractivity contribution in [3.05, 3.63) is 23.4 Å². The van der Waals surface area contributed by atoms with Crippen molar-refractivity contribution in [1.82, 2.24) is 25.7 Å². The summed E-state index contributed by atoms with van der Waals surface area (Å²) in [6.45, 7) is 6.15. The van der Waals surface area contributed by atoms with E-state index in [1.54, 1.807) is 16.2 Å². The molecule has 2 heterocycles. The maximum atomic E-state index is 13.4. The first-order chi connectivity index (χ1) is 17.4. The van der Waals surface area contributed by atoms with Crippen molar-refractivity contribution in [2.75, 3.05) is 18.5 Å². The minimum atomic E-state index is -4.38. The normalized spacial score (nSPS) is 26.7. The lowest BCUT2D eigenvalue weighted by Crippen LogP contribution is -2.50. The number of hydrogen-bond acceptors (Lipinski definition) is 5. The summed E-state index contributed by atoms with van der Waals surface area (Å²) < 4.78 is 40.0. The fourth-order valence-electron chi connectivity index (χ4n) is 6.06. The third-order valence-electron chi connectivity index (χ3n) is 8.11. The van der Waals surface area contributed by atoms with E-state index in [9.17, 15) is 22.8 Å². The first kappa shape index (κ1) is 27.2. The van der Waals surface area contributed by atoms with Crippen molar-refractivity contribution >= 4 is 28.4 Å². The predicted octanol–water partition coefficient (Wildman–Crippen LogP) is 3.63. The Labute approximate surface area is 215 Å². The molecule has 8 nitrogen and oxygen atoms in total. The number of alkyl halides is 3. The van der Waals surface area contributed by atoms with Crippen LogP contribution in [0.1, 0.15) is 61.9 Å². The van der Waals surface area contributed by atoms with Crippen molar-refractivity contribution in [3.8, 4) is 0 Å². The van der Waals surface area contributed by atoms with Crippen molar-refractivity contribution in [2.45, 2.75) is 77.3 Å². The highest BCUT2D eigenvalue weighted by Crippen LogP contribution is 2.35. The fraction of sp³-hybridized carbons (Fsp3) is 0.654. The highest BCUT2D eigenvalue weighted by atomic mass is 19.4. The van der Waals surface area contributed by atoms with Crippen molar-refractivity contribution in [1.29, 1.82) is 0 Å². The lowest BCUT2D eigenvalue weighted by Gasteiger charge is -2.37. The first-order valence-corrected chi connectivity index (χ1v) is 13.0. The van der Waals surface area contributed by atoms with Gasteiger partial charge in [0.25, 0.3) is 5.91 Å². The summed E-state index contributed by atoms with van der Waals surface area (Å²) in [4.78, 5) is 27.9. The molecule has 1 aliphatic heterocycles. The number of carbonyl (C=O) groups excluding carboxylic acids is 2. The molecule has 3 N–H and O–H groups in total. The second-order valence-electron chi connectivity index (χ2n) is 10.8. The number of amides is 2. The van der Waals surface area contributed by atoms with Gasteiger partial charge in [-0.15, -0.1) is 0 Å². The highest BCUT2D eigenvalue weighted by Gasteiger charge is 2.35. The van der Waals surface area contributed by atoms with Gasteiger partial charge >= 0.3 is 6.30 Å². The molecule has 0 bridgehead atoms. The molecule has 0 spiro atoms. The molecule has 11 heteroatoms. The summed E-state index contributed by atoms with van der Waals surface area (Å²) in [7, 11) is 3.75.